The molecule has 8 heteroatoms. The molecule has 0 saturated carbocycles. The number of nitrogens with one attached hydrogen (secondary N) is 1. The predicted molar refractivity (Wildman–Crippen MR) is 69.7 cm³/mol. The SMILES string of the molecule is Cc1cc(F)c(C(C)(NCCN=[N+]=[N-])C(N)=O)cc1F. The molecule has 1 unspecified atom stereocenters. The largest absolute Gasteiger partial charge is 0.368 e. The fourth-order valence-corrected chi connectivity index (χ4v) is 1.75. The van der Waals surface area contributed by atoms with Gasteiger partial charge < -0.3 is 5.73 Å². The fraction of sp³-hybridized carbons (Fsp3) is 0.417. The van der Waals surface area contributed by atoms with Crippen molar-refractivity contribution in [1.82, 2.24) is 5.32 Å². The van der Waals surface area contributed by atoms with Gasteiger partial charge in [0.15, 0.2) is 0 Å². The lowest BCUT2D eigenvalue weighted by Crippen LogP contribution is -2.51. The zero-order valence-electron chi connectivity index (χ0n) is 11.2. The van der Waals surface area contributed by atoms with Crippen LogP contribution in [0, 0.1) is 18.6 Å². The number of nitrogens with zero attached hydrogens (tertiary/aromatic N) is 3. The number of benzene rings is 1. The van der Waals surface area contributed by atoms with Crippen molar-refractivity contribution in [1.29, 1.82) is 0 Å². The summed E-state index contributed by atoms with van der Waals surface area (Å²) in [6.45, 7) is 2.91. The Bertz CT molecular complexity index is 571. The number of aryl methyl sites for hydroxylation is 1. The highest BCUT2D eigenvalue weighted by atomic mass is 19.1. The third-order valence-corrected chi connectivity index (χ3v) is 3.03. The van der Waals surface area contributed by atoms with E-state index in [1.807, 2.05) is 0 Å². The first-order valence-corrected chi connectivity index (χ1v) is 5.85. The summed E-state index contributed by atoms with van der Waals surface area (Å²) in [6, 6.07) is 1.94. The van der Waals surface area contributed by atoms with Crippen molar-refractivity contribution >= 4 is 5.91 Å². The first-order chi connectivity index (χ1) is 9.32. The van der Waals surface area contributed by atoms with Gasteiger partial charge in [0.2, 0.25) is 5.91 Å². The Morgan fingerprint density at radius 2 is 2.15 bits per heavy atom. The van der Waals surface area contributed by atoms with Crippen molar-refractivity contribution in [3.63, 3.8) is 0 Å². The molecule has 0 aliphatic heterocycles. The Kier molecular flexibility index (Phi) is 5.01. The molecule has 0 aliphatic rings. The van der Waals surface area contributed by atoms with Crippen LogP contribution in [0.1, 0.15) is 18.1 Å². The minimum Gasteiger partial charge on any atom is -0.368 e. The van der Waals surface area contributed by atoms with E-state index in [1.165, 1.54) is 13.8 Å². The number of nitrogens with two attached hydrogens (primary N) is 1. The van der Waals surface area contributed by atoms with E-state index in [0.29, 0.717) is 0 Å². The van der Waals surface area contributed by atoms with E-state index < -0.39 is 23.1 Å². The number of hydrogen-bond acceptors (Lipinski definition) is 3. The van der Waals surface area contributed by atoms with E-state index >= 15 is 0 Å². The van der Waals surface area contributed by atoms with Gasteiger partial charge in [-0.25, -0.2) is 8.78 Å². The van der Waals surface area contributed by atoms with Crippen LogP contribution in [0.3, 0.4) is 0 Å². The van der Waals surface area contributed by atoms with E-state index in [-0.39, 0.29) is 24.2 Å². The summed E-state index contributed by atoms with van der Waals surface area (Å²) in [7, 11) is 0. The van der Waals surface area contributed by atoms with Crippen LogP contribution in [0.5, 0.6) is 0 Å². The van der Waals surface area contributed by atoms with Crippen LogP contribution in [0.2, 0.25) is 0 Å². The molecule has 6 nitrogen and oxygen atoms in total. The van der Waals surface area contributed by atoms with Crippen molar-refractivity contribution < 1.29 is 13.6 Å². The summed E-state index contributed by atoms with van der Waals surface area (Å²) in [5.41, 5.74) is 11.8. The maximum atomic E-state index is 14.0. The van der Waals surface area contributed by atoms with Gasteiger partial charge in [-0.3, -0.25) is 10.1 Å². The van der Waals surface area contributed by atoms with E-state index in [2.05, 4.69) is 15.3 Å². The molecular formula is C12H15F2N5O. The molecule has 1 rings (SSSR count). The molecule has 20 heavy (non-hydrogen) atoms. The molecular weight excluding hydrogens is 268 g/mol. The Morgan fingerprint density at radius 1 is 1.50 bits per heavy atom. The maximum Gasteiger partial charge on any atom is 0.242 e. The summed E-state index contributed by atoms with van der Waals surface area (Å²) in [6.07, 6.45) is 0. The Labute approximate surface area is 114 Å². The molecule has 0 aliphatic carbocycles. The van der Waals surface area contributed by atoms with Gasteiger partial charge in [0.25, 0.3) is 0 Å². The molecule has 1 aromatic carbocycles. The molecule has 1 aromatic rings. The van der Waals surface area contributed by atoms with Gasteiger partial charge in [0.05, 0.1) is 0 Å². The van der Waals surface area contributed by atoms with Crippen LogP contribution in [-0.2, 0) is 10.3 Å². The molecule has 3 N–H and O–H groups in total. The van der Waals surface area contributed by atoms with E-state index in [9.17, 15) is 13.6 Å². The summed E-state index contributed by atoms with van der Waals surface area (Å²) < 4.78 is 27.5. The fourth-order valence-electron chi connectivity index (χ4n) is 1.75. The van der Waals surface area contributed by atoms with Gasteiger partial charge in [-0.2, -0.15) is 0 Å². The van der Waals surface area contributed by atoms with Gasteiger partial charge in [0, 0.05) is 23.6 Å². The Hall–Kier alpha value is -2.18. The van der Waals surface area contributed by atoms with Crippen molar-refractivity contribution in [3.05, 3.63) is 45.3 Å². The monoisotopic (exact) mass is 283 g/mol. The highest BCUT2D eigenvalue weighted by molar-refractivity contribution is 5.85. The van der Waals surface area contributed by atoms with Gasteiger partial charge in [0.1, 0.15) is 17.2 Å². The molecule has 0 bridgehead atoms. The minimum absolute atomic E-state index is 0.0509. The van der Waals surface area contributed by atoms with E-state index in [1.54, 1.807) is 0 Å². The molecule has 0 heterocycles. The van der Waals surface area contributed by atoms with Crippen LogP contribution in [0.25, 0.3) is 10.4 Å². The van der Waals surface area contributed by atoms with Gasteiger partial charge in [-0.15, -0.1) is 0 Å². The number of hydrogen-bond donors (Lipinski definition) is 2. The summed E-state index contributed by atoms with van der Waals surface area (Å²) in [5.74, 6) is -2.23. The molecule has 108 valence electrons. The maximum absolute atomic E-state index is 14.0. The zero-order valence-corrected chi connectivity index (χ0v) is 11.2. The van der Waals surface area contributed by atoms with Crippen molar-refractivity contribution in [2.75, 3.05) is 13.1 Å². The smallest absolute Gasteiger partial charge is 0.242 e. The lowest BCUT2D eigenvalue weighted by Gasteiger charge is -2.28. The Morgan fingerprint density at radius 3 is 2.70 bits per heavy atom. The molecule has 0 saturated heterocycles. The first kappa shape index (κ1) is 15.9. The normalized spacial score (nSPS) is 13.4. The van der Waals surface area contributed by atoms with Crippen LogP contribution in [0.15, 0.2) is 17.2 Å². The highest BCUT2D eigenvalue weighted by Gasteiger charge is 2.35. The standard InChI is InChI=1S/C12H15F2N5O/c1-7-5-10(14)8(6-9(7)13)12(2,11(15)20)17-3-4-18-19-16/h5-6,17H,3-4H2,1-2H3,(H2,15,20). The number of rotatable bonds is 6. The second kappa shape index (κ2) is 6.31. The molecule has 0 spiro atoms. The second-order valence-electron chi connectivity index (χ2n) is 4.45. The minimum atomic E-state index is -1.59. The van der Waals surface area contributed by atoms with Crippen molar-refractivity contribution in [3.8, 4) is 0 Å². The van der Waals surface area contributed by atoms with Crippen LogP contribution < -0.4 is 11.1 Å². The lowest BCUT2D eigenvalue weighted by atomic mass is 9.89. The van der Waals surface area contributed by atoms with Crippen LogP contribution in [-0.4, -0.2) is 19.0 Å². The quantitative estimate of drug-likeness (QED) is 0.360. The van der Waals surface area contributed by atoms with Crippen LogP contribution >= 0.6 is 0 Å². The molecule has 0 aromatic heterocycles. The zero-order chi connectivity index (χ0) is 15.3. The molecule has 0 fully saturated rings. The summed E-state index contributed by atoms with van der Waals surface area (Å²) in [5, 5.41) is 5.97. The van der Waals surface area contributed by atoms with Crippen LogP contribution in [0.4, 0.5) is 8.78 Å². The molecule has 1 amide bonds. The molecule has 1 atom stereocenters. The number of halogens is 2. The van der Waals surface area contributed by atoms with E-state index in [4.69, 9.17) is 11.3 Å². The Balaban J connectivity index is 3.15. The average molecular weight is 283 g/mol. The van der Waals surface area contributed by atoms with E-state index in [0.717, 1.165) is 12.1 Å². The number of carbonyl (C=O) groups excluding carboxylic acids is 1. The van der Waals surface area contributed by atoms with Gasteiger partial charge in [-0.1, -0.05) is 5.11 Å². The van der Waals surface area contributed by atoms with Gasteiger partial charge in [-0.05, 0) is 37.1 Å². The summed E-state index contributed by atoms with van der Waals surface area (Å²) in [4.78, 5) is 14.2. The van der Waals surface area contributed by atoms with Crippen molar-refractivity contribution in [2.45, 2.75) is 19.4 Å². The number of azide groups is 1. The molecule has 0 radical (unpaired) electrons. The van der Waals surface area contributed by atoms with Crippen molar-refractivity contribution in [2.24, 2.45) is 10.8 Å². The lowest BCUT2D eigenvalue weighted by molar-refractivity contribution is -0.124. The topological polar surface area (TPSA) is 104 Å². The number of amides is 1. The second-order valence-corrected chi connectivity index (χ2v) is 4.45. The summed E-state index contributed by atoms with van der Waals surface area (Å²) >= 11 is 0. The predicted octanol–water partition coefficient (Wildman–Crippen LogP) is 1.87. The first-order valence-electron chi connectivity index (χ1n) is 5.85. The third kappa shape index (κ3) is 3.23. The third-order valence-electron chi connectivity index (χ3n) is 3.03. The number of primary amides is 1. The average Bonchev–Trinajstić information content (AvgIpc) is 2.38. The highest BCUT2D eigenvalue weighted by Crippen LogP contribution is 2.25. The number of carbonyl (C=O) groups is 1. The van der Waals surface area contributed by atoms with Gasteiger partial charge >= 0.3 is 0 Å².